The predicted molar refractivity (Wildman–Crippen MR) is 41.0 cm³/mol. The van der Waals surface area contributed by atoms with Crippen LogP contribution in [0.15, 0.2) is 18.2 Å². The number of para-hydroxylation sites is 1. The summed E-state index contributed by atoms with van der Waals surface area (Å²) in [4.78, 5) is 9.89. The second-order valence-corrected chi connectivity index (χ2v) is 2.25. The molecule has 0 atom stereocenters. The lowest BCUT2D eigenvalue weighted by Gasteiger charge is -2.02. The van der Waals surface area contributed by atoms with E-state index < -0.39 is 11.6 Å². The van der Waals surface area contributed by atoms with E-state index in [9.17, 15) is 9.18 Å². The molecule has 1 aromatic rings. The first kappa shape index (κ1) is 8.52. The van der Waals surface area contributed by atoms with Crippen molar-refractivity contribution in [1.82, 2.24) is 5.32 Å². The maximum absolute atomic E-state index is 12.6. The first-order valence-electron chi connectivity index (χ1n) is 3.39. The topological polar surface area (TPSA) is 49.3 Å². The number of carbonyl (C=O) groups excluding carboxylic acids is 1. The molecule has 0 fully saturated rings. The van der Waals surface area contributed by atoms with Crippen LogP contribution in [0, 0.1) is 5.82 Å². The van der Waals surface area contributed by atoms with Gasteiger partial charge in [0.25, 0.3) is 0 Å². The average Bonchev–Trinajstić information content (AvgIpc) is 2.08. The minimum absolute atomic E-state index is 0.132. The van der Waals surface area contributed by atoms with E-state index in [2.05, 4.69) is 5.32 Å². The van der Waals surface area contributed by atoms with Crippen molar-refractivity contribution in [2.24, 2.45) is 0 Å². The summed E-state index contributed by atoms with van der Waals surface area (Å²) in [6.07, 6.45) is 0.490. The first-order valence-corrected chi connectivity index (χ1v) is 3.39. The molecule has 64 valence electrons. The van der Waals surface area contributed by atoms with Gasteiger partial charge in [-0.2, -0.15) is 0 Å². The summed E-state index contributed by atoms with van der Waals surface area (Å²) in [5, 5.41) is 11.4. The quantitative estimate of drug-likeness (QED) is 0.657. The van der Waals surface area contributed by atoms with Crippen molar-refractivity contribution in [1.29, 1.82) is 0 Å². The van der Waals surface area contributed by atoms with Gasteiger partial charge < -0.3 is 10.4 Å². The third kappa shape index (κ3) is 1.72. The molecular weight excluding hydrogens is 161 g/mol. The van der Waals surface area contributed by atoms with E-state index in [1.54, 1.807) is 0 Å². The van der Waals surface area contributed by atoms with Gasteiger partial charge in [-0.05, 0) is 6.07 Å². The number of benzene rings is 1. The van der Waals surface area contributed by atoms with E-state index in [-0.39, 0.29) is 6.54 Å². The van der Waals surface area contributed by atoms with Gasteiger partial charge in [0, 0.05) is 12.1 Å². The zero-order valence-corrected chi connectivity index (χ0v) is 6.25. The second kappa shape index (κ2) is 3.71. The number of nitrogens with one attached hydrogen (secondary N) is 1. The van der Waals surface area contributed by atoms with Crippen molar-refractivity contribution in [3.05, 3.63) is 29.6 Å². The lowest BCUT2D eigenvalue weighted by Crippen LogP contribution is -2.09. The van der Waals surface area contributed by atoms with E-state index in [1.807, 2.05) is 0 Å². The molecule has 0 aliphatic heterocycles. The number of aromatic hydroxyl groups is 1. The Morgan fingerprint density at radius 3 is 3.00 bits per heavy atom. The fourth-order valence-electron chi connectivity index (χ4n) is 0.854. The highest BCUT2D eigenvalue weighted by Gasteiger charge is 2.04. The summed E-state index contributed by atoms with van der Waals surface area (Å²) >= 11 is 0. The summed E-state index contributed by atoms with van der Waals surface area (Å²) < 4.78 is 12.6. The lowest BCUT2D eigenvalue weighted by atomic mass is 10.2. The molecule has 0 spiro atoms. The van der Waals surface area contributed by atoms with Crippen LogP contribution in [0.4, 0.5) is 4.39 Å². The van der Waals surface area contributed by atoms with Crippen LogP contribution >= 0.6 is 0 Å². The Bertz CT molecular complexity index is 288. The molecule has 4 heteroatoms. The van der Waals surface area contributed by atoms with Crippen LogP contribution < -0.4 is 5.32 Å². The molecule has 1 aromatic carbocycles. The highest BCUT2D eigenvalue weighted by Crippen LogP contribution is 2.19. The SMILES string of the molecule is O=CNCc1cccc(F)c1O. The minimum Gasteiger partial charge on any atom is -0.505 e. The number of rotatable bonds is 3. The van der Waals surface area contributed by atoms with Crippen molar-refractivity contribution >= 4 is 6.41 Å². The molecule has 3 nitrogen and oxygen atoms in total. The van der Waals surface area contributed by atoms with Gasteiger partial charge in [0.05, 0.1) is 0 Å². The molecule has 0 saturated heterocycles. The number of phenols is 1. The summed E-state index contributed by atoms with van der Waals surface area (Å²) in [5.74, 6) is -1.09. The van der Waals surface area contributed by atoms with Crippen LogP contribution in [-0.4, -0.2) is 11.5 Å². The lowest BCUT2D eigenvalue weighted by molar-refractivity contribution is -0.109. The van der Waals surface area contributed by atoms with Crippen LogP contribution in [0.2, 0.25) is 0 Å². The van der Waals surface area contributed by atoms with Gasteiger partial charge in [-0.15, -0.1) is 0 Å². The van der Waals surface area contributed by atoms with Crippen molar-refractivity contribution in [2.45, 2.75) is 6.54 Å². The Labute approximate surface area is 68.8 Å². The molecule has 0 radical (unpaired) electrons. The second-order valence-electron chi connectivity index (χ2n) is 2.25. The first-order chi connectivity index (χ1) is 5.75. The molecule has 1 rings (SSSR count). The molecule has 2 N–H and O–H groups in total. The molecule has 0 saturated carbocycles. The largest absolute Gasteiger partial charge is 0.505 e. The monoisotopic (exact) mass is 169 g/mol. The maximum Gasteiger partial charge on any atom is 0.207 e. The van der Waals surface area contributed by atoms with E-state index in [4.69, 9.17) is 5.11 Å². The number of hydrogen-bond acceptors (Lipinski definition) is 2. The van der Waals surface area contributed by atoms with Gasteiger partial charge in [-0.25, -0.2) is 4.39 Å². The fraction of sp³-hybridized carbons (Fsp3) is 0.125. The Hall–Kier alpha value is -1.58. The van der Waals surface area contributed by atoms with Crippen LogP contribution in [0.5, 0.6) is 5.75 Å². The molecule has 1 amide bonds. The number of phenolic OH excluding ortho intramolecular Hbond substituents is 1. The number of amides is 1. The average molecular weight is 169 g/mol. The highest BCUT2D eigenvalue weighted by atomic mass is 19.1. The highest BCUT2D eigenvalue weighted by molar-refractivity contribution is 5.47. The van der Waals surface area contributed by atoms with E-state index >= 15 is 0 Å². The number of hydrogen-bond donors (Lipinski definition) is 2. The molecule has 0 aliphatic rings. The smallest absolute Gasteiger partial charge is 0.207 e. The van der Waals surface area contributed by atoms with Crippen molar-refractivity contribution in [2.75, 3.05) is 0 Å². The Morgan fingerprint density at radius 1 is 1.58 bits per heavy atom. The standard InChI is InChI=1S/C8H8FNO2/c9-7-3-1-2-6(8(7)12)4-10-5-11/h1-3,5,12H,4H2,(H,10,11). The van der Waals surface area contributed by atoms with Crippen molar-refractivity contribution < 1.29 is 14.3 Å². The molecule has 12 heavy (non-hydrogen) atoms. The van der Waals surface area contributed by atoms with Gasteiger partial charge in [-0.3, -0.25) is 4.79 Å². The van der Waals surface area contributed by atoms with Crippen molar-refractivity contribution in [3.8, 4) is 5.75 Å². The van der Waals surface area contributed by atoms with Crippen molar-refractivity contribution in [3.63, 3.8) is 0 Å². The Kier molecular flexibility index (Phi) is 2.63. The third-order valence-corrected chi connectivity index (χ3v) is 1.45. The van der Waals surface area contributed by atoms with Crippen LogP contribution in [0.25, 0.3) is 0 Å². The molecule has 0 aromatic heterocycles. The number of carbonyl (C=O) groups is 1. The van der Waals surface area contributed by atoms with E-state index in [1.165, 1.54) is 12.1 Å². The zero-order valence-electron chi connectivity index (χ0n) is 6.25. The normalized spacial score (nSPS) is 9.42. The minimum atomic E-state index is -0.680. The van der Waals surface area contributed by atoms with Gasteiger partial charge in [-0.1, -0.05) is 12.1 Å². The van der Waals surface area contributed by atoms with E-state index in [0.717, 1.165) is 6.07 Å². The zero-order chi connectivity index (χ0) is 8.97. The van der Waals surface area contributed by atoms with E-state index in [0.29, 0.717) is 12.0 Å². The Morgan fingerprint density at radius 2 is 2.33 bits per heavy atom. The molecule has 0 aliphatic carbocycles. The van der Waals surface area contributed by atoms with Gasteiger partial charge in [0.15, 0.2) is 11.6 Å². The van der Waals surface area contributed by atoms with Gasteiger partial charge >= 0.3 is 0 Å². The third-order valence-electron chi connectivity index (χ3n) is 1.45. The molecular formula is C8H8FNO2. The maximum atomic E-state index is 12.6. The van der Waals surface area contributed by atoms with Crippen LogP contribution in [0.3, 0.4) is 0 Å². The Balaban J connectivity index is 2.84. The van der Waals surface area contributed by atoms with Crippen LogP contribution in [-0.2, 0) is 11.3 Å². The summed E-state index contributed by atoms with van der Waals surface area (Å²) in [5.41, 5.74) is 0.363. The van der Waals surface area contributed by atoms with Gasteiger partial charge in [0.1, 0.15) is 0 Å². The molecule has 0 bridgehead atoms. The summed E-state index contributed by atoms with van der Waals surface area (Å²) in [6, 6.07) is 4.16. The van der Waals surface area contributed by atoms with Gasteiger partial charge in [0.2, 0.25) is 6.41 Å². The predicted octanol–water partition coefficient (Wildman–Crippen LogP) is 0.777. The number of halogens is 1. The van der Waals surface area contributed by atoms with Crippen LogP contribution in [0.1, 0.15) is 5.56 Å². The summed E-state index contributed by atoms with van der Waals surface area (Å²) in [6.45, 7) is 0.132. The molecule has 0 unspecified atom stereocenters. The summed E-state index contributed by atoms with van der Waals surface area (Å²) in [7, 11) is 0. The fourth-order valence-corrected chi connectivity index (χ4v) is 0.854. The molecule has 0 heterocycles.